The van der Waals surface area contributed by atoms with Crippen molar-refractivity contribution in [3.63, 3.8) is 0 Å². The van der Waals surface area contributed by atoms with Gasteiger partial charge in [0, 0.05) is 12.7 Å². The molecule has 0 saturated carbocycles. The molecule has 0 aromatic carbocycles. The number of nitriles is 1. The zero-order chi connectivity index (χ0) is 11.3. The number of aryl methyl sites for hydroxylation is 1. The molecule has 1 rings (SSSR count). The molecule has 1 N–H and O–H groups in total. The summed E-state index contributed by atoms with van der Waals surface area (Å²) in [5, 5.41) is 11.1. The first-order valence-corrected chi connectivity index (χ1v) is 4.38. The average molecular weight is 205 g/mol. The van der Waals surface area contributed by atoms with Crippen LogP contribution in [0.1, 0.15) is 16.1 Å². The fraction of sp³-hybridized carbons (Fsp3) is 0.300. The Balaban J connectivity index is 2.93. The highest BCUT2D eigenvalue weighted by atomic mass is 16.5. The lowest BCUT2D eigenvalue weighted by Gasteiger charge is -2.07. The summed E-state index contributed by atoms with van der Waals surface area (Å²) in [5.74, 6) is -0.0914. The molecule has 0 spiro atoms. The molecule has 5 heteroatoms. The van der Waals surface area contributed by atoms with Crippen LogP contribution < -0.4 is 5.32 Å². The van der Waals surface area contributed by atoms with E-state index in [0.717, 1.165) is 5.69 Å². The van der Waals surface area contributed by atoms with Crippen LogP contribution in [0.15, 0.2) is 12.1 Å². The lowest BCUT2D eigenvalue weighted by atomic mass is 10.2. The first-order valence-electron chi connectivity index (χ1n) is 4.38. The molecule has 5 nitrogen and oxygen atoms in total. The van der Waals surface area contributed by atoms with E-state index in [9.17, 15) is 4.79 Å². The van der Waals surface area contributed by atoms with Gasteiger partial charge in [0.1, 0.15) is 17.5 Å². The first-order chi connectivity index (χ1) is 7.19. The molecule has 0 saturated heterocycles. The summed E-state index contributed by atoms with van der Waals surface area (Å²) in [7, 11) is 1.67. The molecule has 0 aliphatic heterocycles. The normalized spacial score (nSPS) is 9.13. The largest absolute Gasteiger partial charge is 0.447 e. The van der Waals surface area contributed by atoms with Crippen LogP contribution in [0, 0.1) is 18.3 Å². The number of ether oxygens (including phenoxy) is 1. The fourth-order valence-corrected chi connectivity index (χ4v) is 1.09. The number of pyridine rings is 1. The van der Waals surface area contributed by atoms with Gasteiger partial charge in [-0.1, -0.05) is 0 Å². The monoisotopic (exact) mass is 205 g/mol. The maximum atomic E-state index is 11.4. The third-order valence-electron chi connectivity index (χ3n) is 1.76. The molecule has 0 radical (unpaired) electrons. The van der Waals surface area contributed by atoms with E-state index in [1.54, 1.807) is 25.2 Å². The van der Waals surface area contributed by atoms with Gasteiger partial charge in [0.2, 0.25) is 0 Å². The summed E-state index contributed by atoms with van der Waals surface area (Å²) in [6, 6.07) is 5.06. The number of nitrogens with zero attached hydrogens (tertiary/aromatic N) is 2. The molecule has 0 aliphatic carbocycles. The summed E-state index contributed by atoms with van der Waals surface area (Å²) < 4.78 is 4.68. The van der Waals surface area contributed by atoms with Gasteiger partial charge in [-0.25, -0.2) is 9.78 Å². The molecule has 0 aliphatic rings. The number of hydrogen-bond donors (Lipinski definition) is 1. The van der Waals surface area contributed by atoms with E-state index >= 15 is 0 Å². The van der Waals surface area contributed by atoms with Crippen molar-refractivity contribution < 1.29 is 9.53 Å². The molecule has 0 unspecified atom stereocenters. The number of anilines is 1. The Morgan fingerprint density at radius 2 is 2.40 bits per heavy atom. The van der Waals surface area contributed by atoms with Crippen molar-refractivity contribution in [3.05, 3.63) is 23.4 Å². The smallest absolute Gasteiger partial charge is 0.342 e. The molecule has 0 bridgehead atoms. The van der Waals surface area contributed by atoms with Gasteiger partial charge < -0.3 is 10.1 Å². The van der Waals surface area contributed by atoms with Gasteiger partial charge in [-0.3, -0.25) is 0 Å². The van der Waals surface area contributed by atoms with Gasteiger partial charge in [-0.15, -0.1) is 0 Å². The van der Waals surface area contributed by atoms with Crippen molar-refractivity contribution in [1.29, 1.82) is 5.26 Å². The minimum Gasteiger partial charge on any atom is -0.447 e. The highest BCUT2D eigenvalue weighted by Crippen LogP contribution is 2.13. The SMILES string of the molecule is CNc1nc(C)ccc1C(=O)OCC#N. The number of carbonyl (C=O) groups excluding carboxylic acids is 1. The molecule has 0 fully saturated rings. The van der Waals surface area contributed by atoms with Crippen molar-refractivity contribution in [2.24, 2.45) is 0 Å². The molecular formula is C10H11N3O2. The Morgan fingerprint density at radius 1 is 1.67 bits per heavy atom. The maximum Gasteiger partial charge on any atom is 0.342 e. The zero-order valence-corrected chi connectivity index (χ0v) is 8.57. The quantitative estimate of drug-likeness (QED) is 0.748. The maximum absolute atomic E-state index is 11.4. The van der Waals surface area contributed by atoms with Crippen LogP contribution in [-0.2, 0) is 4.74 Å². The lowest BCUT2D eigenvalue weighted by molar-refractivity contribution is 0.0555. The van der Waals surface area contributed by atoms with Gasteiger partial charge in [0.05, 0.1) is 0 Å². The van der Waals surface area contributed by atoms with Crippen LogP contribution in [0.25, 0.3) is 0 Å². The summed E-state index contributed by atoms with van der Waals surface area (Å²) >= 11 is 0. The highest BCUT2D eigenvalue weighted by Gasteiger charge is 2.12. The summed E-state index contributed by atoms with van der Waals surface area (Å²) in [6.07, 6.45) is 0. The van der Waals surface area contributed by atoms with E-state index in [-0.39, 0.29) is 6.61 Å². The highest BCUT2D eigenvalue weighted by molar-refractivity contribution is 5.94. The van der Waals surface area contributed by atoms with E-state index in [4.69, 9.17) is 5.26 Å². The molecule has 78 valence electrons. The number of rotatable bonds is 3. The molecule has 0 amide bonds. The van der Waals surface area contributed by atoms with Crippen LogP contribution in [0.2, 0.25) is 0 Å². The predicted octanol–water partition coefficient (Wildman–Crippen LogP) is 1.11. The first kappa shape index (κ1) is 11.0. The second-order valence-corrected chi connectivity index (χ2v) is 2.83. The van der Waals surface area contributed by atoms with Crippen molar-refractivity contribution in [3.8, 4) is 6.07 Å². The van der Waals surface area contributed by atoms with E-state index in [0.29, 0.717) is 11.4 Å². The second-order valence-electron chi connectivity index (χ2n) is 2.83. The third kappa shape index (κ3) is 2.68. The molecule has 1 aromatic rings. The van der Waals surface area contributed by atoms with Gasteiger partial charge in [0.25, 0.3) is 0 Å². The number of aromatic nitrogens is 1. The van der Waals surface area contributed by atoms with Gasteiger partial charge >= 0.3 is 5.97 Å². The van der Waals surface area contributed by atoms with Crippen molar-refractivity contribution in [2.75, 3.05) is 19.0 Å². The Labute approximate surface area is 87.7 Å². The lowest BCUT2D eigenvalue weighted by Crippen LogP contribution is -2.10. The van der Waals surface area contributed by atoms with E-state index in [2.05, 4.69) is 15.0 Å². The van der Waals surface area contributed by atoms with Crippen LogP contribution in [0.4, 0.5) is 5.82 Å². The zero-order valence-electron chi connectivity index (χ0n) is 8.57. The minimum absolute atomic E-state index is 0.254. The molecule has 0 atom stereocenters. The van der Waals surface area contributed by atoms with Crippen LogP contribution in [0.3, 0.4) is 0 Å². The molecular weight excluding hydrogens is 194 g/mol. The van der Waals surface area contributed by atoms with Crippen molar-refractivity contribution in [1.82, 2.24) is 4.98 Å². The number of hydrogen-bond acceptors (Lipinski definition) is 5. The van der Waals surface area contributed by atoms with Crippen LogP contribution >= 0.6 is 0 Å². The predicted molar refractivity (Wildman–Crippen MR) is 54.4 cm³/mol. The Morgan fingerprint density at radius 3 is 3.00 bits per heavy atom. The Hall–Kier alpha value is -2.09. The van der Waals surface area contributed by atoms with Gasteiger partial charge in [0.15, 0.2) is 6.61 Å². The third-order valence-corrected chi connectivity index (χ3v) is 1.76. The molecule has 1 heterocycles. The van der Waals surface area contributed by atoms with E-state index in [1.165, 1.54) is 0 Å². The summed E-state index contributed by atoms with van der Waals surface area (Å²) in [5.41, 5.74) is 1.13. The van der Waals surface area contributed by atoms with Gasteiger partial charge in [-0.05, 0) is 19.1 Å². The summed E-state index contributed by atoms with van der Waals surface area (Å²) in [6.45, 7) is 1.57. The van der Waals surface area contributed by atoms with Crippen molar-refractivity contribution >= 4 is 11.8 Å². The standard InChI is InChI=1S/C10H11N3O2/c1-7-3-4-8(9(12-2)13-7)10(14)15-6-5-11/h3-4H,6H2,1-2H3,(H,12,13). The topological polar surface area (TPSA) is 75.0 Å². The van der Waals surface area contributed by atoms with Crippen LogP contribution in [-0.4, -0.2) is 24.6 Å². The molecule has 15 heavy (non-hydrogen) atoms. The Bertz CT molecular complexity index is 410. The fourth-order valence-electron chi connectivity index (χ4n) is 1.09. The Kier molecular flexibility index (Phi) is 3.63. The second kappa shape index (κ2) is 4.96. The number of esters is 1. The minimum atomic E-state index is -0.548. The molecule has 1 aromatic heterocycles. The van der Waals surface area contributed by atoms with Crippen molar-refractivity contribution in [2.45, 2.75) is 6.92 Å². The van der Waals surface area contributed by atoms with Gasteiger partial charge in [-0.2, -0.15) is 5.26 Å². The van der Waals surface area contributed by atoms with Crippen LogP contribution in [0.5, 0.6) is 0 Å². The number of nitrogens with one attached hydrogen (secondary N) is 1. The summed E-state index contributed by atoms with van der Waals surface area (Å²) in [4.78, 5) is 15.6. The van der Waals surface area contributed by atoms with E-state index < -0.39 is 5.97 Å². The average Bonchev–Trinajstić information content (AvgIpc) is 2.25. The van der Waals surface area contributed by atoms with E-state index in [1.807, 2.05) is 6.92 Å². The number of carbonyl (C=O) groups is 1.